The van der Waals surface area contributed by atoms with Crippen LogP contribution in [-0.4, -0.2) is 27.7 Å². The number of sulfonamides is 1. The van der Waals surface area contributed by atoms with Crippen LogP contribution < -0.4 is 4.72 Å². The zero-order valence-corrected chi connectivity index (χ0v) is 11.6. The first-order valence-electron chi connectivity index (χ1n) is 5.64. The number of thiophene rings is 1. The van der Waals surface area contributed by atoms with Crippen molar-refractivity contribution in [1.29, 1.82) is 5.26 Å². The Hall–Kier alpha value is -0.940. The molecule has 0 bridgehead atoms. The van der Waals surface area contributed by atoms with Gasteiger partial charge in [-0.2, -0.15) is 5.26 Å². The number of nitrogens with zero attached hydrogens (tertiary/aromatic N) is 1. The fourth-order valence-corrected chi connectivity index (χ4v) is 4.10. The number of hydrogen-bond acceptors (Lipinski definition) is 5. The molecular formula is C11H14N2O3S2. The minimum atomic E-state index is -3.50. The Labute approximate surface area is 110 Å². The molecule has 1 fully saturated rings. The highest BCUT2D eigenvalue weighted by atomic mass is 32.2. The van der Waals surface area contributed by atoms with Crippen molar-refractivity contribution in [3.8, 4) is 6.07 Å². The maximum Gasteiger partial charge on any atom is 0.250 e. The average molecular weight is 286 g/mol. The first-order valence-corrected chi connectivity index (χ1v) is 7.94. The Morgan fingerprint density at radius 1 is 1.61 bits per heavy atom. The van der Waals surface area contributed by atoms with E-state index in [9.17, 15) is 8.42 Å². The first-order chi connectivity index (χ1) is 8.53. The highest BCUT2D eigenvalue weighted by Gasteiger charge is 2.26. The number of rotatable bonds is 4. The summed E-state index contributed by atoms with van der Waals surface area (Å²) >= 11 is 0.980. The molecule has 0 aromatic carbocycles. The van der Waals surface area contributed by atoms with Gasteiger partial charge in [-0.1, -0.05) is 0 Å². The van der Waals surface area contributed by atoms with E-state index >= 15 is 0 Å². The van der Waals surface area contributed by atoms with Crippen molar-refractivity contribution in [2.75, 3.05) is 13.2 Å². The lowest BCUT2D eigenvalue weighted by Crippen LogP contribution is -2.31. The van der Waals surface area contributed by atoms with Crippen molar-refractivity contribution in [1.82, 2.24) is 4.72 Å². The van der Waals surface area contributed by atoms with Crippen LogP contribution in [0, 0.1) is 17.2 Å². The molecule has 2 rings (SSSR count). The largest absolute Gasteiger partial charge is 0.378 e. The summed E-state index contributed by atoms with van der Waals surface area (Å²) in [6, 6.07) is 4.90. The van der Waals surface area contributed by atoms with Gasteiger partial charge in [0.05, 0.1) is 6.10 Å². The molecule has 2 unspecified atom stereocenters. The van der Waals surface area contributed by atoms with Gasteiger partial charge < -0.3 is 4.74 Å². The standard InChI is InChI=1S/C11H14N2O3S2/c1-8-9(4-5-16-8)7-13-18(14,15)11-3-2-10(6-12)17-11/h2-3,8-9,13H,4-5,7H2,1H3. The van der Waals surface area contributed by atoms with Crippen LogP contribution in [0.5, 0.6) is 0 Å². The van der Waals surface area contributed by atoms with Crippen LogP contribution in [0.4, 0.5) is 0 Å². The normalized spacial score (nSPS) is 24.0. The quantitative estimate of drug-likeness (QED) is 0.905. The van der Waals surface area contributed by atoms with Gasteiger partial charge in [0.25, 0.3) is 0 Å². The van der Waals surface area contributed by atoms with Crippen LogP contribution in [-0.2, 0) is 14.8 Å². The summed E-state index contributed by atoms with van der Waals surface area (Å²) < 4.78 is 32.1. The fourth-order valence-electron chi connectivity index (χ4n) is 1.86. The number of hydrogen-bond donors (Lipinski definition) is 1. The lowest BCUT2D eigenvalue weighted by molar-refractivity contribution is 0.107. The summed E-state index contributed by atoms with van der Waals surface area (Å²) in [5, 5.41) is 8.68. The van der Waals surface area contributed by atoms with Crippen LogP contribution in [0.2, 0.25) is 0 Å². The van der Waals surface area contributed by atoms with Gasteiger partial charge in [0.1, 0.15) is 15.2 Å². The Kier molecular flexibility index (Phi) is 4.02. The zero-order chi connectivity index (χ0) is 13.2. The predicted molar refractivity (Wildman–Crippen MR) is 67.7 cm³/mol. The van der Waals surface area contributed by atoms with Crippen molar-refractivity contribution in [3.63, 3.8) is 0 Å². The van der Waals surface area contributed by atoms with Crippen LogP contribution in [0.25, 0.3) is 0 Å². The van der Waals surface area contributed by atoms with Gasteiger partial charge in [-0.05, 0) is 25.5 Å². The minimum Gasteiger partial charge on any atom is -0.378 e. The molecule has 1 N–H and O–H groups in total. The van der Waals surface area contributed by atoms with E-state index < -0.39 is 10.0 Å². The van der Waals surface area contributed by atoms with Crippen LogP contribution >= 0.6 is 11.3 Å². The summed E-state index contributed by atoms with van der Waals surface area (Å²) in [5.74, 6) is 0.218. The zero-order valence-electron chi connectivity index (χ0n) is 9.92. The third-order valence-electron chi connectivity index (χ3n) is 3.03. The van der Waals surface area contributed by atoms with E-state index in [1.807, 2.05) is 13.0 Å². The summed E-state index contributed by atoms with van der Waals surface area (Å²) in [4.78, 5) is 0.396. The Morgan fingerprint density at radius 3 is 2.94 bits per heavy atom. The lowest BCUT2D eigenvalue weighted by atomic mass is 10.0. The molecule has 1 saturated heterocycles. The second-order valence-electron chi connectivity index (χ2n) is 4.21. The maximum atomic E-state index is 12.0. The van der Waals surface area contributed by atoms with Crippen molar-refractivity contribution >= 4 is 21.4 Å². The summed E-state index contributed by atoms with van der Waals surface area (Å²) in [7, 11) is -3.50. The third kappa shape index (κ3) is 2.90. The van der Waals surface area contributed by atoms with Crippen LogP contribution in [0.15, 0.2) is 16.3 Å². The van der Waals surface area contributed by atoms with Crippen molar-refractivity contribution < 1.29 is 13.2 Å². The van der Waals surface area contributed by atoms with Gasteiger partial charge in [0, 0.05) is 19.1 Å². The number of nitrogens with one attached hydrogen (secondary N) is 1. The van der Waals surface area contributed by atoms with E-state index in [0.29, 0.717) is 18.0 Å². The second kappa shape index (κ2) is 5.36. The summed E-state index contributed by atoms with van der Waals surface area (Å²) in [6.07, 6.45) is 0.961. The lowest BCUT2D eigenvalue weighted by Gasteiger charge is -2.14. The van der Waals surface area contributed by atoms with Crippen LogP contribution in [0.3, 0.4) is 0 Å². The molecule has 0 spiro atoms. The molecule has 18 heavy (non-hydrogen) atoms. The smallest absolute Gasteiger partial charge is 0.250 e. The molecule has 2 atom stereocenters. The SMILES string of the molecule is CC1OCCC1CNS(=O)(=O)c1ccc(C#N)s1. The predicted octanol–water partition coefficient (Wildman–Crippen LogP) is 1.32. The van der Waals surface area contributed by atoms with Gasteiger partial charge in [-0.15, -0.1) is 11.3 Å². The van der Waals surface area contributed by atoms with Crippen LogP contribution in [0.1, 0.15) is 18.2 Å². The maximum absolute atomic E-state index is 12.0. The fraction of sp³-hybridized carbons (Fsp3) is 0.545. The molecule has 0 amide bonds. The van der Waals surface area contributed by atoms with E-state index in [2.05, 4.69) is 4.72 Å². The Bertz CT molecular complexity index is 559. The molecule has 1 aromatic rings. The van der Waals surface area contributed by atoms with E-state index in [0.717, 1.165) is 17.8 Å². The van der Waals surface area contributed by atoms with Gasteiger partial charge in [0.2, 0.25) is 10.0 Å². The summed E-state index contributed by atoms with van der Waals surface area (Å²) in [5.41, 5.74) is 0. The second-order valence-corrected chi connectivity index (χ2v) is 7.28. The molecule has 2 heterocycles. The third-order valence-corrected chi connectivity index (χ3v) is 5.93. The van der Waals surface area contributed by atoms with E-state index in [-0.39, 0.29) is 16.2 Å². The van der Waals surface area contributed by atoms with Crippen molar-refractivity contribution in [2.24, 2.45) is 5.92 Å². The van der Waals surface area contributed by atoms with E-state index in [1.165, 1.54) is 12.1 Å². The first kappa shape index (κ1) is 13.5. The van der Waals surface area contributed by atoms with Gasteiger partial charge in [-0.3, -0.25) is 0 Å². The van der Waals surface area contributed by atoms with Gasteiger partial charge in [-0.25, -0.2) is 13.1 Å². The molecule has 1 aliphatic rings. The molecule has 0 saturated carbocycles. The molecule has 0 aliphatic carbocycles. The number of ether oxygens (including phenoxy) is 1. The number of nitriles is 1. The van der Waals surface area contributed by atoms with E-state index in [1.54, 1.807) is 0 Å². The average Bonchev–Trinajstić information content (AvgIpc) is 2.95. The molecule has 7 heteroatoms. The molecular weight excluding hydrogens is 272 g/mol. The molecule has 98 valence electrons. The highest BCUT2D eigenvalue weighted by molar-refractivity contribution is 7.91. The van der Waals surface area contributed by atoms with E-state index in [4.69, 9.17) is 10.00 Å². The van der Waals surface area contributed by atoms with Gasteiger partial charge in [0.15, 0.2) is 0 Å². The topological polar surface area (TPSA) is 79.2 Å². The summed E-state index contributed by atoms with van der Waals surface area (Å²) in [6.45, 7) is 3.01. The Balaban J connectivity index is 2.01. The van der Waals surface area contributed by atoms with Crippen molar-refractivity contribution in [2.45, 2.75) is 23.7 Å². The monoisotopic (exact) mass is 286 g/mol. The molecule has 1 aromatic heterocycles. The molecule has 1 aliphatic heterocycles. The highest BCUT2D eigenvalue weighted by Crippen LogP contribution is 2.23. The van der Waals surface area contributed by atoms with Gasteiger partial charge >= 0.3 is 0 Å². The minimum absolute atomic E-state index is 0.0886. The van der Waals surface area contributed by atoms with Crippen molar-refractivity contribution in [3.05, 3.63) is 17.0 Å². The molecule has 5 nitrogen and oxygen atoms in total. The Morgan fingerprint density at radius 2 is 2.39 bits per heavy atom. The molecule has 0 radical (unpaired) electrons.